The van der Waals surface area contributed by atoms with Crippen LogP contribution in [0.3, 0.4) is 0 Å². The number of hydrogen-bond acceptors (Lipinski definition) is 4. The van der Waals surface area contributed by atoms with Crippen molar-refractivity contribution in [3.63, 3.8) is 0 Å². The summed E-state index contributed by atoms with van der Waals surface area (Å²) in [4.78, 5) is 38.2. The molecule has 4 N–H and O–H groups in total. The van der Waals surface area contributed by atoms with E-state index in [0.717, 1.165) is 18.2 Å². The zero-order valence-corrected chi connectivity index (χ0v) is 19.7. The van der Waals surface area contributed by atoms with Gasteiger partial charge in [-0.15, -0.1) is 0 Å². The summed E-state index contributed by atoms with van der Waals surface area (Å²) < 4.78 is 67.6. The number of hydrogen-bond donors (Lipinski definition) is 4. The molecular weight excluding hydrogens is 537 g/mol. The fourth-order valence-electron chi connectivity index (χ4n) is 4.58. The Kier molecular flexibility index (Phi) is 5.91. The van der Waals surface area contributed by atoms with E-state index in [9.17, 15) is 41.4 Å². The molecule has 0 saturated heterocycles. The number of rotatable bonds is 3. The molecule has 2 aliphatic heterocycles. The van der Waals surface area contributed by atoms with Gasteiger partial charge in [0.1, 0.15) is 11.6 Å². The lowest BCUT2D eigenvalue weighted by Gasteiger charge is -2.29. The van der Waals surface area contributed by atoms with Gasteiger partial charge in [-0.1, -0.05) is 11.6 Å². The Hall–Kier alpha value is -4.03. The van der Waals surface area contributed by atoms with E-state index in [2.05, 4.69) is 16.0 Å². The Labute approximate surface area is 215 Å². The minimum Gasteiger partial charge on any atom is -0.363 e. The molecule has 3 amide bonds. The average molecular weight is 552 g/mol. The van der Waals surface area contributed by atoms with Crippen LogP contribution in [0.4, 0.5) is 33.3 Å². The first-order valence-electron chi connectivity index (χ1n) is 11.0. The zero-order chi connectivity index (χ0) is 27.6. The number of halogens is 6. The number of fused-ring (bicyclic) bond motifs is 3. The predicted octanol–water partition coefficient (Wildman–Crippen LogP) is 4.71. The van der Waals surface area contributed by atoms with E-state index in [4.69, 9.17) is 11.6 Å². The van der Waals surface area contributed by atoms with E-state index < -0.39 is 52.4 Å². The van der Waals surface area contributed by atoms with Gasteiger partial charge < -0.3 is 21.1 Å². The van der Waals surface area contributed by atoms with Crippen molar-refractivity contribution in [3.8, 4) is 0 Å². The summed E-state index contributed by atoms with van der Waals surface area (Å²) in [6.07, 6.45) is -4.78. The van der Waals surface area contributed by atoms with Crippen LogP contribution in [-0.2, 0) is 23.1 Å². The van der Waals surface area contributed by atoms with Crippen molar-refractivity contribution in [2.24, 2.45) is 0 Å². The number of carbonyl (C=O) groups is 3. The van der Waals surface area contributed by atoms with Gasteiger partial charge in [0.25, 0.3) is 11.8 Å². The number of aryl methyl sites for hydroxylation is 1. The van der Waals surface area contributed by atoms with Gasteiger partial charge in [0.2, 0.25) is 5.91 Å². The third-order valence-electron chi connectivity index (χ3n) is 6.23. The van der Waals surface area contributed by atoms with Crippen molar-refractivity contribution in [1.29, 1.82) is 0 Å². The van der Waals surface area contributed by atoms with Gasteiger partial charge >= 0.3 is 6.18 Å². The SMILES string of the molecule is O=C1CCc2cc(NC(=O)c3cc(F)cc(C(F)(F)F)c3)c3c(c2N1)C(=O)NC3(O)c1cc(F)ccc1Cl. The van der Waals surface area contributed by atoms with Crippen LogP contribution in [0, 0.1) is 11.6 Å². The second-order valence-corrected chi connectivity index (χ2v) is 9.13. The highest BCUT2D eigenvalue weighted by Crippen LogP contribution is 2.47. The molecule has 38 heavy (non-hydrogen) atoms. The Morgan fingerprint density at radius 3 is 2.47 bits per heavy atom. The molecule has 0 saturated carbocycles. The Balaban J connectivity index is 1.70. The van der Waals surface area contributed by atoms with Crippen LogP contribution in [-0.4, -0.2) is 22.8 Å². The first-order valence-corrected chi connectivity index (χ1v) is 11.4. The van der Waals surface area contributed by atoms with Crippen LogP contribution in [0.1, 0.15) is 49.4 Å². The van der Waals surface area contributed by atoms with Gasteiger partial charge in [0.05, 0.1) is 22.5 Å². The lowest BCUT2D eigenvalue weighted by Crippen LogP contribution is -2.41. The van der Waals surface area contributed by atoms with Gasteiger partial charge in [-0.3, -0.25) is 14.4 Å². The molecule has 3 aromatic rings. The number of amides is 3. The van der Waals surface area contributed by atoms with Gasteiger partial charge in [-0.05, 0) is 54.4 Å². The van der Waals surface area contributed by atoms with Crippen molar-refractivity contribution in [2.45, 2.75) is 24.7 Å². The summed E-state index contributed by atoms with van der Waals surface area (Å²) in [5, 5.41) is 18.7. The van der Waals surface area contributed by atoms with E-state index in [1.807, 2.05) is 0 Å². The molecule has 7 nitrogen and oxygen atoms in total. The monoisotopic (exact) mass is 551 g/mol. The third-order valence-corrected chi connectivity index (χ3v) is 6.56. The van der Waals surface area contributed by atoms with E-state index in [1.165, 1.54) is 6.07 Å². The fraction of sp³-hybridized carbons (Fsp3) is 0.160. The summed E-state index contributed by atoms with van der Waals surface area (Å²) in [7, 11) is 0. The fourth-order valence-corrected chi connectivity index (χ4v) is 4.83. The summed E-state index contributed by atoms with van der Waals surface area (Å²) in [5.41, 5.74) is -5.36. The minimum absolute atomic E-state index is 0.0274. The molecule has 0 radical (unpaired) electrons. The average Bonchev–Trinajstić information content (AvgIpc) is 3.11. The lowest BCUT2D eigenvalue weighted by atomic mass is 9.88. The van der Waals surface area contributed by atoms with Crippen molar-refractivity contribution in [1.82, 2.24) is 5.32 Å². The molecule has 1 unspecified atom stereocenters. The second-order valence-electron chi connectivity index (χ2n) is 8.73. The van der Waals surface area contributed by atoms with Crippen LogP contribution in [0.2, 0.25) is 5.02 Å². The molecule has 196 valence electrons. The molecule has 0 aliphatic carbocycles. The molecule has 0 spiro atoms. The maximum absolute atomic E-state index is 14.1. The molecule has 0 aromatic heterocycles. The molecule has 5 rings (SSSR count). The highest BCUT2D eigenvalue weighted by Gasteiger charge is 2.49. The standard InChI is InChI=1S/C25H15ClF5N3O4/c26-16-3-2-13(27)9-15(16)24(38)20-17(7-10-1-4-18(35)33-21(10)19(20)23(37)34-24)32-22(36)11-5-12(25(29,30)31)8-14(28)6-11/h2-3,5-9,38H,1,4H2,(H,32,36)(H,33,35)(H,34,37). The van der Waals surface area contributed by atoms with Crippen LogP contribution >= 0.6 is 11.6 Å². The van der Waals surface area contributed by atoms with Crippen LogP contribution < -0.4 is 16.0 Å². The molecule has 1 atom stereocenters. The Bertz CT molecular complexity index is 1560. The first kappa shape index (κ1) is 25.6. The quantitative estimate of drug-likeness (QED) is 0.354. The smallest absolute Gasteiger partial charge is 0.363 e. The van der Waals surface area contributed by atoms with Crippen molar-refractivity contribution in [2.75, 3.05) is 10.6 Å². The van der Waals surface area contributed by atoms with Crippen molar-refractivity contribution in [3.05, 3.63) is 92.5 Å². The largest absolute Gasteiger partial charge is 0.416 e. The molecule has 13 heteroatoms. The second kappa shape index (κ2) is 8.77. The Morgan fingerprint density at radius 2 is 1.76 bits per heavy atom. The number of carbonyl (C=O) groups excluding carboxylic acids is 3. The third kappa shape index (κ3) is 4.25. The molecule has 2 heterocycles. The maximum Gasteiger partial charge on any atom is 0.416 e. The number of alkyl halides is 3. The summed E-state index contributed by atoms with van der Waals surface area (Å²) in [6, 6.07) is 5.54. The van der Waals surface area contributed by atoms with E-state index in [0.29, 0.717) is 17.7 Å². The molecule has 3 aromatic carbocycles. The van der Waals surface area contributed by atoms with Crippen LogP contribution in [0.25, 0.3) is 0 Å². The van der Waals surface area contributed by atoms with E-state index in [-0.39, 0.29) is 52.0 Å². The normalized spacial score (nSPS) is 18.4. The molecule has 0 bridgehead atoms. The summed E-state index contributed by atoms with van der Waals surface area (Å²) >= 11 is 6.19. The molecule has 2 aliphatic rings. The topological polar surface area (TPSA) is 108 Å². The van der Waals surface area contributed by atoms with Gasteiger partial charge in [0.15, 0.2) is 5.72 Å². The molecule has 0 fully saturated rings. The van der Waals surface area contributed by atoms with Crippen molar-refractivity contribution >= 4 is 40.7 Å². The predicted molar refractivity (Wildman–Crippen MR) is 125 cm³/mol. The van der Waals surface area contributed by atoms with Gasteiger partial charge in [-0.2, -0.15) is 13.2 Å². The summed E-state index contributed by atoms with van der Waals surface area (Å²) in [6.45, 7) is 0. The van der Waals surface area contributed by atoms with Gasteiger partial charge in [0, 0.05) is 28.1 Å². The number of nitrogens with one attached hydrogen (secondary N) is 3. The van der Waals surface area contributed by atoms with Crippen LogP contribution in [0.15, 0.2) is 42.5 Å². The number of aliphatic hydroxyl groups is 1. The van der Waals surface area contributed by atoms with E-state index in [1.54, 1.807) is 0 Å². The first-order chi connectivity index (χ1) is 17.8. The number of benzene rings is 3. The number of anilines is 2. The van der Waals surface area contributed by atoms with Crippen LogP contribution in [0.5, 0.6) is 0 Å². The zero-order valence-electron chi connectivity index (χ0n) is 18.9. The molecular formula is C25H15ClF5N3O4. The van der Waals surface area contributed by atoms with E-state index >= 15 is 0 Å². The maximum atomic E-state index is 14.1. The minimum atomic E-state index is -4.94. The lowest BCUT2D eigenvalue weighted by molar-refractivity contribution is -0.137. The summed E-state index contributed by atoms with van der Waals surface area (Å²) in [5.74, 6) is -4.66. The van der Waals surface area contributed by atoms with Gasteiger partial charge in [-0.25, -0.2) is 8.78 Å². The highest BCUT2D eigenvalue weighted by atomic mass is 35.5. The highest BCUT2D eigenvalue weighted by molar-refractivity contribution is 6.31. The Morgan fingerprint density at radius 1 is 1.03 bits per heavy atom. The van der Waals surface area contributed by atoms with Crippen molar-refractivity contribution < 1.29 is 41.4 Å².